The molecule has 0 aromatic rings. The lowest BCUT2D eigenvalue weighted by molar-refractivity contribution is -0.143. The van der Waals surface area contributed by atoms with Gasteiger partial charge in [-0.1, -0.05) is 13.8 Å². The highest BCUT2D eigenvalue weighted by atomic mass is 32.2. The maximum atomic E-state index is 12.8. The lowest BCUT2D eigenvalue weighted by Gasteiger charge is -2.22. The molecule has 5 atom stereocenters. The smallest absolute Gasteiger partial charge is 0.326 e. The van der Waals surface area contributed by atoms with Gasteiger partial charge in [-0.2, -0.15) is 8.42 Å². The van der Waals surface area contributed by atoms with Crippen molar-refractivity contribution >= 4 is 57.6 Å². The molecule has 310 valence electrons. The topological polar surface area (TPSA) is 356 Å². The Morgan fingerprint density at radius 3 is 1.83 bits per heavy atom. The zero-order valence-corrected chi connectivity index (χ0v) is 31.2. The van der Waals surface area contributed by atoms with E-state index < -0.39 is 88.6 Å². The summed E-state index contributed by atoms with van der Waals surface area (Å²) < 4.78 is 42.8. The molecule has 0 aromatic carbocycles. The van der Waals surface area contributed by atoms with Gasteiger partial charge in [0.25, 0.3) is 10.1 Å². The van der Waals surface area contributed by atoms with Crippen molar-refractivity contribution < 1.29 is 76.1 Å². The minimum atomic E-state index is -4.82. The van der Waals surface area contributed by atoms with E-state index in [9.17, 15) is 61.5 Å². The zero-order valence-electron chi connectivity index (χ0n) is 30.4. The minimum absolute atomic E-state index is 0.00130. The number of amides is 5. The van der Waals surface area contributed by atoms with Gasteiger partial charge in [0, 0.05) is 32.4 Å². The number of nitrogens with two attached hydrogens (primary N) is 1. The van der Waals surface area contributed by atoms with Crippen LogP contribution >= 0.6 is 0 Å². The molecule has 0 aliphatic carbocycles. The van der Waals surface area contributed by atoms with Gasteiger partial charge >= 0.3 is 17.9 Å². The van der Waals surface area contributed by atoms with Gasteiger partial charge < -0.3 is 57.1 Å². The SMILES string of the molecule is CC(CC(=O)O)CC(C)CC(=O)NC(CS(=O)(=O)O)C(=O)NC(CCC(=O)NCCOCCOCC(=O)NC(CCCCNC(=O)CN)C(=O)O)C(=O)O. The Bertz CT molecular complexity index is 1360. The number of hydrogen-bond donors (Lipinski definition) is 10. The van der Waals surface area contributed by atoms with E-state index in [1.807, 2.05) is 0 Å². The Labute approximate surface area is 312 Å². The standard InChI is InChI=1S/C31H54N6O16S/c1-19(13-20(2)15-28(42)43)14-25(39)36-23(18-54(49,50)51)29(44)37-22(31(47)48)6-7-24(38)34-9-10-52-11-12-53-17-27(41)35-21(30(45)46)5-3-4-8-33-26(40)16-32/h19-23H,3-18,32H2,1-2H3,(H,33,40)(H,34,38)(H,35,41)(H,36,39)(H,37,44)(H,42,43)(H,45,46)(H,47,48)(H,49,50,51). The predicted octanol–water partition coefficient (Wildman–Crippen LogP) is -2.80. The van der Waals surface area contributed by atoms with Crippen LogP contribution in [0, 0.1) is 11.8 Å². The summed E-state index contributed by atoms with van der Waals surface area (Å²) in [4.78, 5) is 94.7. The third kappa shape index (κ3) is 26.3. The third-order valence-corrected chi connectivity index (χ3v) is 8.15. The van der Waals surface area contributed by atoms with E-state index >= 15 is 0 Å². The highest BCUT2D eigenvalue weighted by Crippen LogP contribution is 2.18. The molecule has 0 aliphatic heterocycles. The molecule has 0 fully saturated rings. The van der Waals surface area contributed by atoms with Crippen molar-refractivity contribution in [2.45, 2.75) is 83.3 Å². The van der Waals surface area contributed by atoms with E-state index in [4.69, 9.17) is 20.3 Å². The third-order valence-electron chi connectivity index (χ3n) is 7.40. The van der Waals surface area contributed by atoms with Crippen LogP contribution in [0.1, 0.15) is 65.2 Å². The number of aliphatic carboxylic acids is 3. The van der Waals surface area contributed by atoms with Crippen molar-refractivity contribution in [2.75, 3.05) is 51.8 Å². The summed E-state index contributed by atoms with van der Waals surface area (Å²) in [6, 6.07) is -4.69. The first-order valence-corrected chi connectivity index (χ1v) is 18.7. The van der Waals surface area contributed by atoms with Gasteiger partial charge in [-0.15, -0.1) is 0 Å². The van der Waals surface area contributed by atoms with Crippen LogP contribution in [-0.4, -0.2) is 146 Å². The van der Waals surface area contributed by atoms with Crippen LogP contribution in [0.2, 0.25) is 0 Å². The van der Waals surface area contributed by atoms with Crippen molar-refractivity contribution in [1.82, 2.24) is 26.6 Å². The molecule has 0 aromatic heterocycles. The second-order valence-electron chi connectivity index (χ2n) is 12.6. The Morgan fingerprint density at radius 1 is 0.667 bits per heavy atom. The number of carbonyl (C=O) groups is 8. The van der Waals surface area contributed by atoms with Crippen LogP contribution in [0.5, 0.6) is 0 Å². The molecule has 0 aliphatic rings. The molecule has 0 saturated carbocycles. The van der Waals surface area contributed by atoms with E-state index in [1.54, 1.807) is 13.8 Å². The van der Waals surface area contributed by atoms with E-state index in [0.29, 0.717) is 25.8 Å². The lowest BCUT2D eigenvalue weighted by Crippen LogP contribution is -2.54. The van der Waals surface area contributed by atoms with Gasteiger partial charge in [-0.3, -0.25) is 33.3 Å². The Kier molecular flexibility index (Phi) is 24.9. The van der Waals surface area contributed by atoms with Crippen LogP contribution in [0.15, 0.2) is 0 Å². The molecule has 0 rings (SSSR count). The Balaban J connectivity index is 4.58. The second-order valence-corrected chi connectivity index (χ2v) is 14.1. The zero-order chi connectivity index (χ0) is 41.3. The lowest BCUT2D eigenvalue weighted by atomic mass is 9.92. The fourth-order valence-electron chi connectivity index (χ4n) is 4.92. The van der Waals surface area contributed by atoms with Crippen molar-refractivity contribution in [3.05, 3.63) is 0 Å². The first kappa shape index (κ1) is 49.6. The molecule has 22 nitrogen and oxygen atoms in total. The van der Waals surface area contributed by atoms with Gasteiger partial charge in [0.15, 0.2) is 0 Å². The molecule has 54 heavy (non-hydrogen) atoms. The van der Waals surface area contributed by atoms with Crippen molar-refractivity contribution in [3.63, 3.8) is 0 Å². The Morgan fingerprint density at radius 2 is 1.24 bits per heavy atom. The molecule has 23 heteroatoms. The van der Waals surface area contributed by atoms with E-state index in [2.05, 4.69) is 26.6 Å². The molecular weight excluding hydrogens is 744 g/mol. The number of ether oxygens (including phenoxy) is 2. The summed E-state index contributed by atoms with van der Waals surface area (Å²) in [5.74, 6) is -9.33. The largest absolute Gasteiger partial charge is 0.481 e. The summed E-state index contributed by atoms with van der Waals surface area (Å²) in [7, 11) is -4.82. The number of unbranched alkanes of at least 4 members (excludes halogenated alkanes) is 1. The number of nitrogens with one attached hydrogen (secondary N) is 5. The summed E-state index contributed by atoms with van der Waals surface area (Å²) in [6.45, 7) is 3.02. The quantitative estimate of drug-likeness (QED) is 0.0250. The van der Waals surface area contributed by atoms with Crippen molar-refractivity contribution in [1.29, 1.82) is 0 Å². The van der Waals surface area contributed by atoms with Crippen LogP contribution < -0.4 is 32.3 Å². The van der Waals surface area contributed by atoms with Crippen LogP contribution in [0.25, 0.3) is 0 Å². The first-order chi connectivity index (χ1) is 25.2. The van der Waals surface area contributed by atoms with Crippen LogP contribution in [-0.2, 0) is 57.9 Å². The van der Waals surface area contributed by atoms with Crippen LogP contribution in [0.4, 0.5) is 0 Å². The summed E-state index contributed by atoms with van der Waals surface area (Å²) >= 11 is 0. The Hall–Kier alpha value is -4.45. The van der Waals surface area contributed by atoms with Crippen LogP contribution in [0.3, 0.4) is 0 Å². The second kappa shape index (κ2) is 27.2. The fourth-order valence-corrected chi connectivity index (χ4v) is 5.58. The van der Waals surface area contributed by atoms with E-state index in [1.165, 1.54) is 0 Å². The van der Waals surface area contributed by atoms with Gasteiger partial charge in [-0.05, 0) is 43.9 Å². The van der Waals surface area contributed by atoms with Gasteiger partial charge in [0.1, 0.15) is 30.5 Å². The highest BCUT2D eigenvalue weighted by Gasteiger charge is 2.30. The number of carbonyl (C=O) groups excluding carboxylic acids is 5. The summed E-state index contributed by atoms with van der Waals surface area (Å²) in [5.41, 5.74) is 5.18. The van der Waals surface area contributed by atoms with Crippen molar-refractivity contribution in [3.8, 4) is 0 Å². The molecule has 0 heterocycles. The number of carboxylic acid groups (broad SMARTS) is 3. The summed E-state index contributed by atoms with van der Waals surface area (Å²) in [6.07, 6.45) is 0.220. The van der Waals surface area contributed by atoms with Crippen molar-refractivity contribution in [2.24, 2.45) is 17.6 Å². The average Bonchev–Trinajstić information content (AvgIpc) is 3.04. The predicted molar refractivity (Wildman–Crippen MR) is 187 cm³/mol. The molecule has 5 unspecified atom stereocenters. The van der Waals surface area contributed by atoms with E-state index in [0.717, 1.165) is 0 Å². The number of carboxylic acids is 3. The number of hydrogen-bond acceptors (Lipinski definition) is 13. The molecule has 0 bridgehead atoms. The van der Waals surface area contributed by atoms with Gasteiger partial charge in [0.2, 0.25) is 29.5 Å². The normalized spacial score (nSPS) is 14.0. The molecule has 11 N–H and O–H groups in total. The molecule has 0 spiro atoms. The minimum Gasteiger partial charge on any atom is -0.481 e. The molecular formula is C31H54N6O16S. The first-order valence-electron chi connectivity index (χ1n) is 17.1. The number of rotatable bonds is 31. The molecule has 0 radical (unpaired) electrons. The van der Waals surface area contributed by atoms with Gasteiger partial charge in [-0.25, -0.2) is 9.59 Å². The highest BCUT2D eigenvalue weighted by molar-refractivity contribution is 7.85. The maximum absolute atomic E-state index is 12.8. The average molecular weight is 799 g/mol. The fraction of sp³-hybridized carbons (Fsp3) is 0.742. The summed E-state index contributed by atoms with van der Waals surface area (Å²) in [5, 5.41) is 39.3. The monoisotopic (exact) mass is 798 g/mol. The molecule has 5 amide bonds. The van der Waals surface area contributed by atoms with E-state index in [-0.39, 0.29) is 76.3 Å². The van der Waals surface area contributed by atoms with Gasteiger partial charge in [0.05, 0.1) is 26.4 Å². The molecule has 0 saturated heterocycles. The maximum Gasteiger partial charge on any atom is 0.326 e.